The van der Waals surface area contributed by atoms with Gasteiger partial charge in [-0.15, -0.1) is 0 Å². The zero-order valence-corrected chi connectivity index (χ0v) is 18.7. The third-order valence-electron chi connectivity index (χ3n) is 5.97. The first-order valence-corrected chi connectivity index (χ1v) is 11.1. The monoisotopic (exact) mass is 452 g/mol. The van der Waals surface area contributed by atoms with Crippen LogP contribution < -0.4 is 0 Å². The molecule has 3 aromatic carbocycles. The Bertz CT molecular complexity index is 1200. The van der Waals surface area contributed by atoms with Gasteiger partial charge in [0.15, 0.2) is 18.2 Å². The lowest BCUT2D eigenvalue weighted by molar-refractivity contribution is -0.178. The van der Waals surface area contributed by atoms with Crippen LogP contribution in [0, 0.1) is 0 Å². The summed E-state index contributed by atoms with van der Waals surface area (Å²) in [6, 6.07) is 26.8. The van der Waals surface area contributed by atoms with E-state index in [1.165, 1.54) is 4.90 Å². The second-order valence-electron chi connectivity index (χ2n) is 8.39. The van der Waals surface area contributed by atoms with E-state index in [1.807, 2.05) is 91.0 Å². The van der Waals surface area contributed by atoms with Crippen molar-refractivity contribution in [3.8, 4) is 0 Å². The van der Waals surface area contributed by atoms with Gasteiger partial charge in [-0.1, -0.05) is 85.4 Å². The molecule has 6 heteroatoms. The molecule has 2 aliphatic rings. The Labute approximate surface area is 198 Å². The lowest BCUT2D eigenvalue weighted by Gasteiger charge is -2.44. The fourth-order valence-corrected chi connectivity index (χ4v) is 4.30. The molecule has 170 valence electrons. The number of carbonyl (C=O) groups is 2. The van der Waals surface area contributed by atoms with Gasteiger partial charge in [-0.2, -0.15) is 0 Å². The van der Waals surface area contributed by atoms with E-state index in [1.54, 1.807) is 6.92 Å². The SMILES string of the molecule is C=C(C)C(C(=O)OC(c1ccccc1)c1ccccc1)N1C(=O)[C@H]2N=C(c3ccccc3)O[C@H]21. The topological polar surface area (TPSA) is 68.2 Å². The van der Waals surface area contributed by atoms with Crippen molar-refractivity contribution in [2.45, 2.75) is 31.3 Å². The number of hydrogen-bond acceptors (Lipinski definition) is 5. The summed E-state index contributed by atoms with van der Waals surface area (Å²) in [7, 11) is 0. The maximum Gasteiger partial charge on any atom is 0.334 e. The van der Waals surface area contributed by atoms with Gasteiger partial charge in [0.25, 0.3) is 5.91 Å². The van der Waals surface area contributed by atoms with E-state index in [-0.39, 0.29) is 5.91 Å². The van der Waals surface area contributed by atoms with Crippen molar-refractivity contribution in [1.82, 2.24) is 4.90 Å². The third kappa shape index (κ3) is 3.88. The highest BCUT2D eigenvalue weighted by atomic mass is 16.6. The number of aliphatic imine (C=N–C) groups is 1. The van der Waals surface area contributed by atoms with Crippen LogP contribution in [0.15, 0.2) is 108 Å². The molecule has 34 heavy (non-hydrogen) atoms. The molecule has 0 saturated carbocycles. The highest BCUT2D eigenvalue weighted by molar-refractivity contribution is 6.03. The second kappa shape index (κ2) is 8.98. The van der Waals surface area contributed by atoms with Crippen molar-refractivity contribution in [3.63, 3.8) is 0 Å². The molecule has 0 aromatic heterocycles. The molecule has 3 atom stereocenters. The molecule has 3 aromatic rings. The summed E-state index contributed by atoms with van der Waals surface area (Å²) in [4.78, 5) is 32.3. The summed E-state index contributed by atoms with van der Waals surface area (Å²) in [6.07, 6.45) is -1.28. The third-order valence-corrected chi connectivity index (χ3v) is 5.97. The maximum atomic E-state index is 13.5. The zero-order chi connectivity index (χ0) is 23.7. The van der Waals surface area contributed by atoms with Crippen LogP contribution in [0.1, 0.15) is 29.7 Å². The number of nitrogens with zero attached hydrogens (tertiary/aromatic N) is 2. The number of ether oxygens (including phenoxy) is 2. The molecule has 0 radical (unpaired) electrons. The van der Waals surface area contributed by atoms with Crippen LogP contribution in [0.3, 0.4) is 0 Å². The average molecular weight is 453 g/mol. The van der Waals surface area contributed by atoms with Crippen LogP contribution in [0.2, 0.25) is 0 Å². The van der Waals surface area contributed by atoms with E-state index in [9.17, 15) is 9.59 Å². The van der Waals surface area contributed by atoms with Crippen molar-refractivity contribution < 1.29 is 19.1 Å². The Morgan fingerprint density at radius 1 is 0.941 bits per heavy atom. The van der Waals surface area contributed by atoms with E-state index >= 15 is 0 Å². The van der Waals surface area contributed by atoms with Gasteiger partial charge in [-0.3, -0.25) is 9.69 Å². The number of likely N-dealkylation sites (tertiary alicyclic amines) is 1. The molecule has 0 aliphatic carbocycles. The molecule has 1 saturated heterocycles. The first-order valence-electron chi connectivity index (χ1n) is 11.1. The van der Waals surface area contributed by atoms with E-state index < -0.39 is 30.4 Å². The number of benzene rings is 3. The smallest absolute Gasteiger partial charge is 0.334 e. The summed E-state index contributed by atoms with van der Waals surface area (Å²) < 4.78 is 12.0. The average Bonchev–Trinajstić information content (AvgIpc) is 3.27. The summed E-state index contributed by atoms with van der Waals surface area (Å²) in [6.45, 7) is 5.68. The van der Waals surface area contributed by atoms with Crippen molar-refractivity contribution in [3.05, 3.63) is 120 Å². The Balaban J connectivity index is 1.39. The largest absolute Gasteiger partial charge is 0.451 e. The summed E-state index contributed by atoms with van der Waals surface area (Å²) in [5.41, 5.74) is 2.95. The summed E-state index contributed by atoms with van der Waals surface area (Å²) in [5.74, 6) is -0.447. The van der Waals surface area contributed by atoms with E-state index in [0.29, 0.717) is 11.5 Å². The predicted octanol–water partition coefficient (Wildman–Crippen LogP) is 4.28. The molecule has 6 nitrogen and oxygen atoms in total. The van der Waals surface area contributed by atoms with E-state index in [2.05, 4.69) is 11.6 Å². The first-order chi connectivity index (χ1) is 16.5. The minimum absolute atomic E-state index is 0.281. The van der Waals surface area contributed by atoms with Gasteiger partial charge in [0, 0.05) is 5.56 Å². The normalized spacial score (nSPS) is 19.5. The van der Waals surface area contributed by atoms with Gasteiger partial charge in [0.2, 0.25) is 12.1 Å². The van der Waals surface area contributed by atoms with Crippen molar-refractivity contribution in [1.29, 1.82) is 0 Å². The lowest BCUT2D eigenvalue weighted by atomic mass is 9.97. The summed E-state index contributed by atoms with van der Waals surface area (Å²) in [5, 5.41) is 0. The molecule has 5 rings (SSSR count). The van der Waals surface area contributed by atoms with Crippen LogP contribution in [0.4, 0.5) is 0 Å². The van der Waals surface area contributed by atoms with Crippen molar-refractivity contribution in [2.24, 2.45) is 4.99 Å². The van der Waals surface area contributed by atoms with E-state index in [4.69, 9.17) is 9.47 Å². The van der Waals surface area contributed by atoms with Crippen molar-refractivity contribution in [2.75, 3.05) is 0 Å². The van der Waals surface area contributed by atoms with Gasteiger partial charge in [-0.25, -0.2) is 9.79 Å². The molecule has 1 fully saturated rings. The quantitative estimate of drug-likeness (QED) is 0.305. The Hall–Kier alpha value is -4.19. The van der Waals surface area contributed by atoms with Crippen LogP contribution >= 0.6 is 0 Å². The maximum absolute atomic E-state index is 13.5. The van der Waals surface area contributed by atoms with Crippen LogP contribution in [-0.2, 0) is 19.1 Å². The molecule has 1 unspecified atom stereocenters. The number of esters is 1. The molecule has 2 heterocycles. The minimum atomic E-state index is -0.978. The highest BCUT2D eigenvalue weighted by Gasteiger charge is 2.58. The minimum Gasteiger partial charge on any atom is -0.451 e. The van der Waals surface area contributed by atoms with Crippen LogP contribution in [-0.4, -0.2) is 41.0 Å². The Kier molecular flexibility index (Phi) is 5.72. The standard InChI is InChI=1S/C28H24N2O4/c1-18(2)23(30-26(31)22-27(30)34-25(29-22)21-16-10-5-11-17-21)28(32)33-24(19-12-6-3-7-13-19)20-14-8-4-9-15-20/h3-17,22-24,27H,1H2,2H3/t22-,23?,27-/m1/s1. The van der Waals surface area contributed by atoms with Gasteiger partial charge in [0.1, 0.15) is 0 Å². The number of carbonyl (C=O) groups excluding carboxylic acids is 2. The van der Waals surface area contributed by atoms with Gasteiger partial charge >= 0.3 is 5.97 Å². The van der Waals surface area contributed by atoms with Gasteiger partial charge in [0.05, 0.1) is 0 Å². The number of amides is 1. The summed E-state index contributed by atoms with van der Waals surface area (Å²) >= 11 is 0. The molecule has 2 aliphatic heterocycles. The van der Waals surface area contributed by atoms with Gasteiger partial charge in [-0.05, 0) is 35.8 Å². The fourth-order valence-electron chi connectivity index (χ4n) is 4.30. The zero-order valence-electron chi connectivity index (χ0n) is 18.7. The fraction of sp³-hybridized carbons (Fsp3) is 0.179. The van der Waals surface area contributed by atoms with E-state index in [0.717, 1.165) is 16.7 Å². The Morgan fingerprint density at radius 2 is 1.47 bits per heavy atom. The van der Waals surface area contributed by atoms with Crippen LogP contribution in [0.25, 0.3) is 0 Å². The molecule has 0 bridgehead atoms. The first kappa shape index (κ1) is 21.6. The number of hydrogen-bond donors (Lipinski definition) is 0. The Morgan fingerprint density at radius 3 is 2.00 bits per heavy atom. The lowest BCUT2D eigenvalue weighted by Crippen LogP contribution is -2.68. The second-order valence-corrected chi connectivity index (χ2v) is 8.39. The van der Waals surface area contributed by atoms with Crippen molar-refractivity contribution >= 4 is 17.8 Å². The molecular formula is C28H24N2O4. The number of fused-ring (bicyclic) bond motifs is 1. The van der Waals surface area contributed by atoms with Crippen LogP contribution in [0.5, 0.6) is 0 Å². The molecule has 0 spiro atoms. The predicted molar refractivity (Wildman–Crippen MR) is 128 cm³/mol. The number of β-lactam (4-membered cyclic amide) rings is 1. The molecular weight excluding hydrogens is 428 g/mol. The van der Waals surface area contributed by atoms with Gasteiger partial charge < -0.3 is 9.47 Å². The molecule has 0 N–H and O–H groups in total. The highest BCUT2D eigenvalue weighted by Crippen LogP contribution is 2.36. The molecule has 1 amide bonds. The number of rotatable bonds is 7.